The third-order valence-electron chi connectivity index (χ3n) is 6.11. The highest BCUT2D eigenvalue weighted by molar-refractivity contribution is 7.89. The molecule has 10 nitrogen and oxygen atoms in total. The van der Waals surface area contributed by atoms with E-state index < -0.39 is 15.6 Å². The van der Waals surface area contributed by atoms with Gasteiger partial charge in [0.1, 0.15) is 16.3 Å². The molecule has 0 bridgehead atoms. The van der Waals surface area contributed by atoms with Crippen LogP contribution in [0.5, 0.6) is 0 Å². The molecule has 1 aliphatic rings. The van der Waals surface area contributed by atoms with Crippen LogP contribution in [0.4, 0.5) is 5.69 Å². The number of hydrogen-bond donors (Lipinski definition) is 1. The number of aromatic nitrogens is 2. The van der Waals surface area contributed by atoms with Crippen LogP contribution >= 0.6 is 11.3 Å². The second-order valence-electron chi connectivity index (χ2n) is 8.48. The largest absolute Gasteiger partial charge is 0.379 e. The molecule has 12 heteroatoms. The number of carbonyl (C=O) groups excluding carboxylic acids is 1. The van der Waals surface area contributed by atoms with Gasteiger partial charge in [-0.3, -0.25) is 14.2 Å². The fraction of sp³-hybridized carbons (Fsp3) is 0.458. The van der Waals surface area contributed by atoms with Crippen LogP contribution in [0.15, 0.2) is 46.3 Å². The number of hydrogen-bond acceptors (Lipinski definition) is 8. The quantitative estimate of drug-likeness (QED) is 0.396. The summed E-state index contributed by atoms with van der Waals surface area (Å²) >= 11 is 1.16. The minimum absolute atomic E-state index is 0.0165. The van der Waals surface area contributed by atoms with E-state index in [0.717, 1.165) is 36.5 Å². The van der Waals surface area contributed by atoms with Gasteiger partial charge in [-0.1, -0.05) is 18.2 Å². The number of anilines is 1. The molecule has 0 spiro atoms. The Morgan fingerprint density at radius 3 is 2.64 bits per heavy atom. The van der Waals surface area contributed by atoms with Crippen molar-refractivity contribution in [2.45, 2.75) is 31.7 Å². The van der Waals surface area contributed by atoms with E-state index in [0.29, 0.717) is 29.5 Å². The summed E-state index contributed by atoms with van der Waals surface area (Å²) in [5.41, 5.74) is 0.596. The molecule has 1 saturated heterocycles. The maximum Gasteiger partial charge on any atom is 0.263 e. The molecule has 0 unspecified atom stereocenters. The van der Waals surface area contributed by atoms with E-state index in [9.17, 15) is 18.0 Å². The third-order valence-corrected chi connectivity index (χ3v) is 9.33. The van der Waals surface area contributed by atoms with Crippen molar-refractivity contribution in [3.8, 4) is 0 Å². The van der Waals surface area contributed by atoms with Crippen LogP contribution in [0.2, 0.25) is 0 Å². The minimum atomic E-state index is -3.89. The molecule has 3 aromatic rings. The van der Waals surface area contributed by atoms with Crippen molar-refractivity contribution < 1.29 is 17.9 Å². The Kier molecular flexibility index (Phi) is 8.39. The summed E-state index contributed by atoms with van der Waals surface area (Å²) in [5.74, 6) is -0.328. The van der Waals surface area contributed by atoms with Crippen molar-refractivity contribution in [2.24, 2.45) is 0 Å². The predicted octanol–water partition coefficient (Wildman–Crippen LogP) is 1.82. The zero-order valence-corrected chi connectivity index (χ0v) is 22.1. The fourth-order valence-electron chi connectivity index (χ4n) is 4.27. The fourth-order valence-corrected chi connectivity index (χ4v) is 7.34. The average molecular weight is 534 g/mol. The molecular weight excluding hydrogens is 502 g/mol. The van der Waals surface area contributed by atoms with E-state index >= 15 is 0 Å². The van der Waals surface area contributed by atoms with Crippen LogP contribution in [0, 0.1) is 6.92 Å². The summed E-state index contributed by atoms with van der Waals surface area (Å²) < 4.78 is 34.5. The van der Waals surface area contributed by atoms with Gasteiger partial charge in [0.2, 0.25) is 15.9 Å². The summed E-state index contributed by atoms with van der Waals surface area (Å²) in [5, 5.41) is 2.89. The number of aryl methyl sites for hydroxylation is 1. The van der Waals surface area contributed by atoms with Gasteiger partial charge in [0.25, 0.3) is 5.56 Å². The first-order valence-corrected chi connectivity index (χ1v) is 14.2. The van der Waals surface area contributed by atoms with Crippen molar-refractivity contribution in [2.75, 3.05) is 50.8 Å². The van der Waals surface area contributed by atoms with Gasteiger partial charge in [0.15, 0.2) is 0 Å². The Morgan fingerprint density at radius 2 is 1.94 bits per heavy atom. The van der Waals surface area contributed by atoms with Crippen molar-refractivity contribution in [1.29, 1.82) is 0 Å². The molecule has 3 heterocycles. The molecule has 194 valence electrons. The lowest BCUT2D eigenvalue weighted by Crippen LogP contribution is -2.41. The first-order chi connectivity index (χ1) is 17.3. The number of thiophene rings is 1. The van der Waals surface area contributed by atoms with E-state index in [1.54, 1.807) is 6.92 Å². The molecule has 1 aliphatic heterocycles. The maximum absolute atomic E-state index is 13.3. The summed E-state index contributed by atoms with van der Waals surface area (Å²) in [6, 6.07) is 10.1. The Morgan fingerprint density at radius 1 is 1.22 bits per heavy atom. The SMILES string of the molecule is CCN(CCCNC(=O)Cn1cnc2sc(C)c(S(=O)(=O)N3CCOCC3)c2c1=O)c1ccccc1. The van der Waals surface area contributed by atoms with Crippen molar-refractivity contribution >= 4 is 43.2 Å². The molecule has 1 N–H and O–H groups in total. The Labute approximate surface area is 214 Å². The molecule has 2 aromatic heterocycles. The molecule has 4 rings (SSSR count). The van der Waals surface area contributed by atoms with Crippen LogP contribution in [-0.2, 0) is 26.1 Å². The number of ether oxygens (including phenoxy) is 1. The van der Waals surface area contributed by atoms with Crippen molar-refractivity contribution in [3.05, 3.63) is 51.9 Å². The van der Waals surface area contributed by atoms with Gasteiger partial charge in [-0.05, 0) is 32.4 Å². The van der Waals surface area contributed by atoms with Gasteiger partial charge in [-0.25, -0.2) is 13.4 Å². The normalized spacial score (nSPS) is 14.7. The molecule has 1 amide bonds. The van der Waals surface area contributed by atoms with Crippen LogP contribution in [0.25, 0.3) is 10.2 Å². The standard InChI is InChI=1S/C24H31N5O5S2/c1-3-27(19-8-5-4-6-9-19)11-7-10-25-20(30)16-28-17-26-23-21(24(28)31)22(18(2)35-23)36(32,33)29-12-14-34-15-13-29/h4-6,8-9,17H,3,7,10-16H2,1-2H3,(H,25,30). The molecule has 0 radical (unpaired) electrons. The third kappa shape index (κ3) is 5.61. The lowest BCUT2D eigenvalue weighted by atomic mass is 10.2. The van der Waals surface area contributed by atoms with Gasteiger partial charge >= 0.3 is 0 Å². The highest BCUT2D eigenvalue weighted by Gasteiger charge is 2.32. The molecule has 0 saturated carbocycles. The van der Waals surface area contributed by atoms with E-state index in [1.807, 2.05) is 18.2 Å². The zero-order chi connectivity index (χ0) is 25.7. The van der Waals surface area contributed by atoms with Gasteiger partial charge in [0.05, 0.1) is 24.9 Å². The van der Waals surface area contributed by atoms with Crippen LogP contribution in [-0.4, -0.2) is 74.1 Å². The van der Waals surface area contributed by atoms with E-state index in [4.69, 9.17) is 4.74 Å². The summed E-state index contributed by atoms with van der Waals surface area (Å²) in [6.45, 7) is 6.71. The monoisotopic (exact) mass is 533 g/mol. The summed E-state index contributed by atoms with van der Waals surface area (Å²) in [4.78, 5) is 33.2. The van der Waals surface area contributed by atoms with Gasteiger partial charge in [0, 0.05) is 43.3 Å². The number of para-hydroxylation sites is 1. The Balaban J connectivity index is 1.44. The lowest BCUT2D eigenvalue weighted by Gasteiger charge is -2.26. The Hall–Kier alpha value is -2.80. The lowest BCUT2D eigenvalue weighted by molar-refractivity contribution is -0.121. The summed E-state index contributed by atoms with van der Waals surface area (Å²) in [7, 11) is -3.89. The number of carbonyl (C=O) groups is 1. The van der Waals surface area contributed by atoms with E-state index in [1.165, 1.54) is 15.2 Å². The topological polar surface area (TPSA) is 114 Å². The van der Waals surface area contributed by atoms with Crippen LogP contribution < -0.4 is 15.8 Å². The predicted molar refractivity (Wildman–Crippen MR) is 140 cm³/mol. The number of fused-ring (bicyclic) bond motifs is 1. The minimum Gasteiger partial charge on any atom is -0.379 e. The molecule has 36 heavy (non-hydrogen) atoms. The van der Waals surface area contributed by atoms with Gasteiger partial charge in [-0.2, -0.15) is 4.31 Å². The second kappa shape index (κ2) is 11.5. The van der Waals surface area contributed by atoms with Gasteiger partial charge < -0.3 is 15.0 Å². The highest BCUT2D eigenvalue weighted by Crippen LogP contribution is 2.33. The van der Waals surface area contributed by atoms with Crippen molar-refractivity contribution in [3.63, 3.8) is 0 Å². The number of benzene rings is 1. The van der Waals surface area contributed by atoms with E-state index in [2.05, 4.69) is 34.3 Å². The number of morpholine rings is 1. The number of sulfonamides is 1. The van der Waals surface area contributed by atoms with Crippen LogP contribution in [0.3, 0.4) is 0 Å². The van der Waals surface area contributed by atoms with Gasteiger partial charge in [-0.15, -0.1) is 11.3 Å². The number of nitrogens with one attached hydrogen (secondary N) is 1. The first-order valence-electron chi connectivity index (χ1n) is 12.0. The molecule has 0 atom stereocenters. The number of rotatable bonds is 10. The smallest absolute Gasteiger partial charge is 0.263 e. The van der Waals surface area contributed by atoms with E-state index in [-0.39, 0.29) is 35.8 Å². The Bertz CT molecular complexity index is 1360. The van der Waals surface area contributed by atoms with Crippen LogP contribution in [0.1, 0.15) is 18.2 Å². The maximum atomic E-state index is 13.3. The van der Waals surface area contributed by atoms with Crippen molar-refractivity contribution in [1.82, 2.24) is 19.2 Å². The summed E-state index contributed by atoms with van der Waals surface area (Å²) in [6.07, 6.45) is 2.05. The molecule has 1 aromatic carbocycles. The molecule has 1 fully saturated rings. The zero-order valence-electron chi connectivity index (χ0n) is 20.5. The second-order valence-corrected chi connectivity index (χ2v) is 11.6. The number of amides is 1. The first kappa shape index (κ1) is 26.3. The molecular formula is C24H31N5O5S2. The molecule has 0 aliphatic carbocycles. The average Bonchev–Trinajstić information content (AvgIpc) is 3.24. The highest BCUT2D eigenvalue weighted by atomic mass is 32.2. The number of nitrogens with zero attached hydrogens (tertiary/aromatic N) is 4.